The first-order chi connectivity index (χ1) is 15.5. The molecule has 3 rings (SSSR count). The Kier molecular flexibility index (Phi) is 7.49. The fourth-order valence-electron chi connectivity index (χ4n) is 3.21. The normalized spacial score (nSPS) is 15.0. The molecule has 0 aromatic heterocycles. The molecule has 1 N–H and O–H groups in total. The molecule has 1 aliphatic heterocycles. The van der Waals surface area contributed by atoms with Crippen molar-refractivity contribution in [2.45, 2.75) is 26.8 Å². The van der Waals surface area contributed by atoms with Gasteiger partial charge in [-0.2, -0.15) is 0 Å². The number of nitrogens with zero attached hydrogens (tertiary/aromatic N) is 1. The van der Waals surface area contributed by atoms with E-state index in [4.69, 9.17) is 14.2 Å². The standard InChI is InChI=1S/C24H26N2O6/c1-4-12-32-20-11-10-16(13-21(20)31-5-2)15-26-23(28)18(22(27)25-24(26)29)14-17-8-6-7-9-19(17)30-3/h6-11,13-14H,4-5,12,15H2,1-3H3,(H,25,27,29)/b18-14+. The van der Waals surface area contributed by atoms with Gasteiger partial charge in [-0.15, -0.1) is 0 Å². The van der Waals surface area contributed by atoms with Crippen LogP contribution in [-0.2, 0) is 16.1 Å². The maximum absolute atomic E-state index is 13.1. The van der Waals surface area contributed by atoms with E-state index < -0.39 is 17.8 Å². The Labute approximate surface area is 186 Å². The summed E-state index contributed by atoms with van der Waals surface area (Å²) in [4.78, 5) is 38.8. The van der Waals surface area contributed by atoms with Gasteiger partial charge in [0.25, 0.3) is 11.8 Å². The van der Waals surface area contributed by atoms with Gasteiger partial charge in [0, 0.05) is 5.56 Å². The lowest BCUT2D eigenvalue weighted by Gasteiger charge is -2.26. The Bertz CT molecular complexity index is 1050. The van der Waals surface area contributed by atoms with Gasteiger partial charge in [-0.1, -0.05) is 31.2 Å². The van der Waals surface area contributed by atoms with Crippen LogP contribution >= 0.6 is 0 Å². The molecule has 168 valence electrons. The summed E-state index contributed by atoms with van der Waals surface area (Å²) in [5, 5.41) is 2.23. The maximum Gasteiger partial charge on any atom is 0.331 e. The Morgan fingerprint density at radius 2 is 1.75 bits per heavy atom. The number of urea groups is 1. The first-order valence-electron chi connectivity index (χ1n) is 10.4. The van der Waals surface area contributed by atoms with E-state index in [1.54, 1.807) is 42.5 Å². The Balaban J connectivity index is 1.88. The number of ether oxygens (including phenoxy) is 3. The summed E-state index contributed by atoms with van der Waals surface area (Å²) < 4.78 is 16.6. The number of barbiturate groups is 1. The van der Waals surface area contributed by atoms with E-state index in [0.717, 1.165) is 11.3 Å². The van der Waals surface area contributed by atoms with E-state index in [9.17, 15) is 14.4 Å². The molecule has 2 aromatic rings. The van der Waals surface area contributed by atoms with Gasteiger partial charge in [-0.25, -0.2) is 4.79 Å². The third-order valence-corrected chi connectivity index (χ3v) is 4.73. The van der Waals surface area contributed by atoms with Gasteiger partial charge in [0.15, 0.2) is 11.5 Å². The van der Waals surface area contributed by atoms with Crippen LogP contribution in [0.5, 0.6) is 17.2 Å². The monoisotopic (exact) mass is 438 g/mol. The third kappa shape index (κ3) is 5.08. The third-order valence-electron chi connectivity index (χ3n) is 4.73. The number of rotatable bonds is 9. The van der Waals surface area contributed by atoms with Crippen LogP contribution in [0.3, 0.4) is 0 Å². The molecule has 1 fully saturated rings. The second-order valence-electron chi connectivity index (χ2n) is 7.01. The first-order valence-corrected chi connectivity index (χ1v) is 10.4. The van der Waals surface area contributed by atoms with Gasteiger partial charge in [0.2, 0.25) is 0 Å². The van der Waals surface area contributed by atoms with Crippen LogP contribution in [0.25, 0.3) is 6.08 Å². The number of imide groups is 2. The zero-order valence-electron chi connectivity index (χ0n) is 18.3. The topological polar surface area (TPSA) is 94.2 Å². The van der Waals surface area contributed by atoms with Gasteiger partial charge in [-0.3, -0.25) is 19.8 Å². The number of benzene rings is 2. The summed E-state index contributed by atoms with van der Waals surface area (Å²) in [5.74, 6) is 0.200. The van der Waals surface area contributed by atoms with Crippen molar-refractivity contribution in [3.8, 4) is 17.2 Å². The van der Waals surface area contributed by atoms with Crippen molar-refractivity contribution in [3.63, 3.8) is 0 Å². The highest BCUT2D eigenvalue weighted by Gasteiger charge is 2.36. The predicted molar refractivity (Wildman–Crippen MR) is 118 cm³/mol. The summed E-state index contributed by atoms with van der Waals surface area (Å²) in [6.07, 6.45) is 2.27. The van der Waals surface area contributed by atoms with Gasteiger partial charge < -0.3 is 14.2 Å². The van der Waals surface area contributed by atoms with Crippen LogP contribution in [0.4, 0.5) is 4.79 Å². The lowest BCUT2D eigenvalue weighted by Crippen LogP contribution is -2.53. The zero-order chi connectivity index (χ0) is 23.1. The number of hydrogen-bond acceptors (Lipinski definition) is 6. The molecule has 0 radical (unpaired) electrons. The van der Waals surface area contributed by atoms with Crippen molar-refractivity contribution >= 4 is 23.9 Å². The quantitative estimate of drug-likeness (QED) is 0.475. The van der Waals surface area contributed by atoms with E-state index in [2.05, 4.69) is 5.32 Å². The van der Waals surface area contributed by atoms with Gasteiger partial charge in [0.1, 0.15) is 11.3 Å². The molecule has 4 amide bonds. The molecular formula is C24H26N2O6. The highest BCUT2D eigenvalue weighted by atomic mass is 16.5. The number of nitrogens with one attached hydrogen (secondary N) is 1. The van der Waals surface area contributed by atoms with Gasteiger partial charge in [-0.05, 0) is 43.2 Å². The molecule has 0 atom stereocenters. The molecule has 0 saturated carbocycles. The maximum atomic E-state index is 13.1. The van der Waals surface area contributed by atoms with Crippen LogP contribution < -0.4 is 19.5 Å². The molecule has 8 heteroatoms. The number of carbonyl (C=O) groups excluding carboxylic acids is 3. The van der Waals surface area contributed by atoms with Crippen molar-refractivity contribution in [3.05, 3.63) is 59.2 Å². The van der Waals surface area contributed by atoms with Crippen LogP contribution in [0.2, 0.25) is 0 Å². The smallest absolute Gasteiger partial charge is 0.331 e. The highest BCUT2D eigenvalue weighted by Crippen LogP contribution is 2.30. The van der Waals surface area contributed by atoms with Crippen LogP contribution in [-0.4, -0.2) is 43.1 Å². The van der Waals surface area contributed by atoms with E-state index in [1.165, 1.54) is 13.2 Å². The minimum atomic E-state index is -0.776. The summed E-state index contributed by atoms with van der Waals surface area (Å²) in [5.41, 5.74) is 1.06. The summed E-state index contributed by atoms with van der Waals surface area (Å²) in [7, 11) is 1.50. The second-order valence-corrected chi connectivity index (χ2v) is 7.01. The van der Waals surface area contributed by atoms with Crippen molar-refractivity contribution in [2.24, 2.45) is 0 Å². The average molecular weight is 438 g/mol. The molecular weight excluding hydrogens is 412 g/mol. The second kappa shape index (κ2) is 10.5. The summed E-state index contributed by atoms with van der Waals surface area (Å²) >= 11 is 0. The number of amides is 4. The van der Waals surface area contributed by atoms with Crippen LogP contribution in [0, 0.1) is 0 Å². The van der Waals surface area contributed by atoms with E-state index in [-0.39, 0.29) is 12.1 Å². The van der Waals surface area contributed by atoms with Crippen LogP contribution in [0.1, 0.15) is 31.4 Å². The Morgan fingerprint density at radius 1 is 0.969 bits per heavy atom. The number of carbonyl (C=O) groups is 3. The van der Waals surface area contributed by atoms with E-state index in [1.807, 2.05) is 13.8 Å². The van der Waals surface area contributed by atoms with E-state index in [0.29, 0.717) is 41.6 Å². The lowest BCUT2D eigenvalue weighted by molar-refractivity contribution is -0.130. The molecule has 0 spiro atoms. The SMILES string of the molecule is CCCOc1ccc(CN2C(=O)NC(=O)/C(=C\c3ccccc3OC)C2=O)cc1OCC. The van der Waals surface area contributed by atoms with E-state index >= 15 is 0 Å². The number of para-hydroxylation sites is 1. The Hall–Kier alpha value is -3.81. The van der Waals surface area contributed by atoms with Crippen molar-refractivity contribution in [1.29, 1.82) is 0 Å². The molecule has 1 heterocycles. The number of hydrogen-bond donors (Lipinski definition) is 1. The summed E-state index contributed by atoms with van der Waals surface area (Å²) in [6, 6.07) is 11.4. The molecule has 0 aliphatic carbocycles. The summed E-state index contributed by atoms with van der Waals surface area (Å²) in [6.45, 7) is 4.82. The van der Waals surface area contributed by atoms with Crippen molar-refractivity contribution < 1.29 is 28.6 Å². The van der Waals surface area contributed by atoms with Crippen molar-refractivity contribution in [2.75, 3.05) is 20.3 Å². The highest BCUT2D eigenvalue weighted by molar-refractivity contribution is 6.31. The first kappa shape index (κ1) is 22.9. The zero-order valence-corrected chi connectivity index (χ0v) is 18.3. The molecule has 0 bridgehead atoms. The molecule has 2 aromatic carbocycles. The predicted octanol–water partition coefficient (Wildman–Crippen LogP) is 3.54. The minimum absolute atomic E-state index is 0.0324. The molecule has 1 aliphatic rings. The molecule has 1 saturated heterocycles. The average Bonchev–Trinajstić information content (AvgIpc) is 2.79. The molecule has 0 unspecified atom stereocenters. The molecule has 8 nitrogen and oxygen atoms in total. The largest absolute Gasteiger partial charge is 0.496 e. The van der Waals surface area contributed by atoms with Crippen LogP contribution in [0.15, 0.2) is 48.0 Å². The minimum Gasteiger partial charge on any atom is -0.496 e. The molecule has 32 heavy (non-hydrogen) atoms. The Morgan fingerprint density at radius 3 is 2.47 bits per heavy atom. The fourth-order valence-corrected chi connectivity index (χ4v) is 3.21. The fraction of sp³-hybridized carbons (Fsp3) is 0.292. The van der Waals surface area contributed by atoms with Crippen molar-refractivity contribution in [1.82, 2.24) is 10.2 Å². The van der Waals surface area contributed by atoms with Gasteiger partial charge >= 0.3 is 6.03 Å². The lowest BCUT2D eigenvalue weighted by atomic mass is 10.1. The number of methoxy groups -OCH3 is 1. The van der Waals surface area contributed by atoms with Gasteiger partial charge in [0.05, 0.1) is 26.9 Å².